The number of fused-ring (bicyclic) bond motifs is 1. The second-order valence-corrected chi connectivity index (χ2v) is 10.2. The number of pyridine rings is 1. The van der Waals surface area contributed by atoms with Gasteiger partial charge in [-0.2, -0.15) is 0 Å². The van der Waals surface area contributed by atoms with E-state index in [-0.39, 0.29) is 11.9 Å². The summed E-state index contributed by atoms with van der Waals surface area (Å²) in [5.41, 5.74) is 3.52. The predicted octanol–water partition coefficient (Wildman–Crippen LogP) is 6.96. The molecule has 1 amide bonds. The Bertz CT molecular complexity index is 1250. The van der Waals surface area contributed by atoms with Crippen LogP contribution < -0.4 is 5.32 Å². The highest BCUT2D eigenvalue weighted by molar-refractivity contribution is 7.13. The van der Waals surface area contributed by atoms with E-state index in [1.54, 1.807) is 11.3 Å². The van der Waals surface area contributed by atoms with E-state index < -0.39 is 0 Å². The molecule has 174 valence electrons. The fraction of sp³-hybridized carbons (Fsp3) is 0.286. The Morgan fingerprint density at radius 1 is 1.00 bits per heavy atom. The monoisotopic (exact) mass is 489 g/mol. The number of hydrogen-bond donors (Lipinski definition) is 1. The van der Waals surface area contributed by atoms with E-state index in [2.05, 4.69) is 22.3 Å². The molecule has 3 heterocycles. The first-order valence-electron chi connectivity index (χ1n) is 11.9. The summed E-state index contributed by atoms with van der Waals surface area (Å²) < 4.78 is 0. The van der Waals surface area contributed by atoms with Gasteiger partial charge in [-0.3, -0.25) is 9.69 Å². The van der Waals surface area contributed by atoms with Crippen LogP contribution >= 0.6 is 22.9 Å². The standard InChI is InChI=1S/C28H28ClN3OS/c29-21-13-11-20(12-14-21)26(32-15-5-1-2-6-16-32)19-30-28(33)23-18-25(27-10-7-17-34-27)31-24-9-4-3-8-22(23)24/h3-4,7-14,17-18,26H,1-2,5-6,15-16,19H2,(H,30,33). The Hall–Kier alpha value is -2.73. The lowest BCUT2D eigenvalue weighted by Crippen LogP contribution is -2.38. The van der Waals surface area contributed by atoms with E-state index in [1.165, 1.54) is 31.2 Å². The number of aromatic nitrogens is 1. The molecular weight excluding hydrogens is 462 g/mol. The molecule has 2 aromatic carbocycles. The van der Waals surface area contributed by atoms with Crippen molar-refractivity contribution >= 4 is 39.7 Å². The molecule has 5 rings (SSSR count). The fourth-order valence-corrected chi connectivity index (χ4v) is 5.56. The van der Waals surface area contributed by atoms with Crippen molar-refractivity contribution in [3.8, 4) is 10.6 Å². The maximum atomic E-state index is 13.5. The summed E-state index contributed by atoms with van der Waals surface area (Å²) in [5.74, 6) is -0.0646. The van der Waals surface area contributed by atoms with E-state index in [4.69, 9.17) is 16.6 Å². The molecule has 1 fully saturated rings. The summed E-state index contributed by atoms with van der Waals surface area (Å²) in [4.78, 5) is 21.9. The molecule has 0 radical (unpaired) electrons. The van der Waals surface area contributed by atoms with Crippen LogP contribution in [0.25, 0.3) is 21.5 Å². The Kier molecular flexibility index (Phi) is 7.24. The number of hydrogen-bond acceptors (Lipinski definition) is 4. The van der Waals surface area contributed by atoms with Crippen molar-refractivity contribution in [1.82, 2.24) is 15.2 Å². The van der Waals surface area contributed by atoms with Gasteiger partial charge in [0.2, 0.25) is 0 Å². The highest BCUT2D eigenvalue weighted by atomic mass is 35.5. The first-order chi connectivity index (χ1) is 16.7. The fourth-order valence-electron chi connectivity index (χ4n) is 4.75. The number of nitrogens with zero attached hydrogens (tertiary/aromatic N) is 2. The van der Waals surface area contributed by atoms with Crippen LogP contribution in [0.1, 0.15) is 47.6 Å². The highest BCUT2D eigenvalue weighted by Gasteiger charge is 2.23. The maximum Gasteiger partial charge on any atom is 0.252 e. The van der Waals surface area contributed by atoms with Gasteiger partial charge in [-0.15, -0.1) is 11.3 Å². The molecule has 34 heavy (non-hydrogen) atoms. The summed E-state index contributed by atoms with van der Waals surface area (Å²) in [5, 5.41) is 6.89. The second-order valence-electron chi connectivity index (χ2n) is 8.78. The number of amides is 1. The van der Waals surface area contributed by atoms with Gasteiger partial charge in [0.1, 0.15) is 0 Å². The second kappa shape index (κ2) is 10.7. The molecule has 4 nitrogen and oxygen atoms in total. The van der Waals surface area contributed by atoms with Crippen molar-refractivity contribution in [2.45, 2.75) is 31.7 Å². The van der Waals surface area contributed by atoms with E-state index in [0.29, 0.717) is 12.1 Å². The number of carbonyl (C=O) groups excluding carboxylic acids is 1. The quantitative estimate of drug-likeness (QED) is 0.318. The topological polar surface area (TPSA) is 45.2 Å². The van der Waals surface area contributed by atoms with Gasteiger partial charge < -0.3 is 5.32 Å². The van der Waals surface area contributed by atoms with Gasteiger partial charge >= 0.3 is 0 Å². The van der Waals surface area contributed by atoms with Gasteiger partial charge in [-0.05, 0) is 67.2 Å². The first kappa shape index (κ1) is 23.0. The number of likely N-dealkylation sites (tertiary alicyclic amines) is 1. The number of benzene rings is 2. The maximum absolute atomic E-state index is 13.5. The van der Waals surface area contributed by atoms with Crippen molar-refractivity contribution in [2.24, 2.45) is 0 Å². The lowest BCUT2D eigenvalue weighted by molar-refractivity contribution is 0.0935. The number of rotatable bonds is 6. The average molecular weight is 490 g/mol. The van der Waals surface area contributed by atoms with Crippen molar-refractivity contribution in [3.05, 3.63) is 88.3 Å². The van der Waals surface area contributed by atoms with Gasteiger partial charge in [0.15, 0.2) is 0 Å². The molecule has 1 atom stereocenters. The van der Waals surface area contributed by atoms with Crippen LogP contribution in [0.3, 0.4) is 0 Å². The average Bonchev–Trinajstić information content (AvgIpc) is 3.28. The van der Waals surface area contributed by atoms with Crippen LogP contribution in [-0.2, 0) is 0 Å². The Balaban J connectivity index is 1.43. The molecule has 4 aromatic rings. The van der Waals surface area contributed by atoms with Gasteiger partial charge in [0.05, 0.1) is 27.7 Å². The zero-order valence-electron chi connectivity index (χ0n) is 19.0. The lowest BCUT2D eigenvalue weighted by Gasteiger charge is -2.31. The van der Waals surface area contributed by atoms with Crippen molar-refractivity contribution in [1.29, 1.82) is 0 Å². The zero-order valence-corrected chi connectivity index (χ0v) is 20.6. The SMILES string of the molecule is O=C(NCC(c1ccc(Cl)cc1)N1CCCCCC1)c1cc(-c2cccs2)nc2ccccc12. The third-order valence-electron chi connectivity index (χ3n) is 6.53. The molecule has 0 aliphatic carbocycles. The zero-order chi connectivity index (χ0) is 23.3. The summed E-state index contributed by atoms with van der Waals surface area (Å²) in [6.45, 7) is 2.64. The first-order valence-corrected chi connectivity index (χ1v) is 13.2. The third kappa shape index (κ3) is 5.17. The van der Waals surface area contributed by atoms with Crippen LogP contribution in [0.2, 0.25) is 5.02 Å². The van der Waals surface area contributed by atoms with E-state index in [1.807, 2.05) is 60.0 Å². The van der Waals surface area contributed by atoms with E-state index in [9.17, 15) is 4.79 Å². The van der Waals surface area contributed by atoms with Gasteiger partial charge in [0, 0.05) is 17.0 Å². The van der Waals surface area contributed by atoms with Crippen LogP contribution in [-0.4, -0.2) is 35.4 Å². The van der Waals surface area contributed by atoms with Crippen molar-refractivity contribution < 1.29 is 4.79 Å². The number of nitrogens with one attached hydrogen (secondary N) is 1. The summed E-state index contributed by atoms with van der Waals surface area (Å²) >= 11 is 7.79. The Morgan fingerprint density at radius 3 is 2.50 bits per heavy atom. The molecule has 0 bridgehead atoms. The van der Waals surface area contributed by atoms with Gasteiger partial charge in [-0.25, -0.2) is 4.98 Å². The van der Waals surface area contributed by atoms with Crippen LogP contribution in [0, 0.1) is 0 Å². The van der Waals surface area contributed by atoms with Crippen LogP contribution in [0.15, 0.2) is 72.1 Å². The minimum atomic E-state index is -0.0646. The normalized spacial score (nSPS) is 15.7. The number of thiophene rings is 1. The van der Waals surface area contributed by atoms with Crippen LogP contribution in [0.4, 0.5) is 0 Å². The van der Waals surface area contributed by atoms with E-state index in [0.717, 1.165) is 39.6 Å². The molecule has 1 unspecified atom stereocenters. The molecule has 1 saturated heterocycles. The molecule has 0 saturated carbocycles. The summed E-state index contributed by atoms with van der Waals surface area (Å²) in [7, 11) is 0. The highest BCUT2D eigenvalue weighted by Crippen LogP contribution is 2.29. The molecule has 1 aliphatic heterocycles. The predicted molar refractivity (Wildman–Crippen MR) is 142 cm³/mol. The lowest BCUT2D eigenvalue weighted by atomic mass is 10.0. The van der Waals surface area contributed by atoms with Crippen molar-refractivity contribution in [2.75, 3.05) is 19.6 Å². The minimum Gasteiger partial charge on any atom is -0.350 e. The van der Waals surface area contributed by atoms with Gasteiger partial charge in [0.25, 0.3) is 5.91 Å². The summed E-state index contributed by atoms with van der Waals surface area (Å²) in [6.07, 6.45) is 4.92. The van der Waals surface area contributed by atoms with Crippen molar-refractivity contribution in [3.63, 3.8) is 0 Å². The number of halogens is 1. The Labute approximate surface area is 209 Å². The van der Waals surface area contributed by atoms with Gasteiger partial charge in [-0.1, -0.05) is 60.8 Å². The molecule has 2 aromatic heterocycles. The molecular formula is C28H28ClN3OS. The smallest absolute Gasteiger partial charge is 0.252 e. The molecule has 0 spiro atoms. The summed E-state index contributed by atoms with van der Waals surface area (Å²) in [6, 6.07) is 22.0. The Morgan fingerprint density at radius 2 is 1.76 bits per heavy atom. The van der Waals surface area contributed by atoms with Crippen LogP contribution in [0.5, 0.6) is 0 Å². The number of para-hydroxylation sites is 1. The third-order valence-corrected chi connectivity index (χ3v) is 7.67. The largest absolute Gasteiger partial charge is 0.350 e. The minimum absolute atomic E-state index is 0.0646. The van der Waals surface area contributed by atoms with E-state index >= 15 is 0 Å². The number of carbonyl (C=O) groups is 1. The molecule has 1 aliphatic rings. The molecule has 6 heteroatoms. The molecule has 1 N–H and O–H groups in total.